The summed E-state index contributed by atoms with van der Waals surface area (Å²) in [5.41, 5.74) is 0.166. The first-order valence-electron chi connectivity index (χ1n) is 6.80. The van der Waals surface area contributed by atoms with E-state index in [9.17, 15) is 4.79 Å². The highest BCUT2D eigenvalue weighted by Crippen LogP contribution is 2.21. The number of nitrogens with zero attached hydrogens (tertiary/aromatic N) is 3. The van der Waals surface area contributed by atoms with Gasteiger partial charge in [-0.3, -0.25) is 9.78 Å². The number of aromatic nitrogens is 4. The molecule has 0 unspecified atom stereocenters. The normalized spacial score (nSPS) is 12.0. The second-order valence-corrected chi connectivity index (χ2v) is 7.88. The zero-order valence-corrected chi connectivity index (χ0v) is 14.9. The first kappa shape index (κ1) is 15.2. The predicted octanol–water partition coefficient (Wildman–Crippen LogP) is 3.31. The zero-order valence-electron chi connectivity index (χ0n) is 12.5. The van der Waals surface area contributed by atoms with Gasteiger partial charge >= 0.3 is 0 Å². The molecule has 0 fully saturated rings. The van der Waals surface area contributed by atoms with Crippen LogP contribution in [0.25, 0.3) is 11.0 Å². The van der Waals surface area contributed by atoms with Crippen LogP contribution in [0, 0.1) is 0 Å². The van der Waals surface area contributed by atoms with E-state index in [0.717, 1.165) is 9.35 Å². The van der Waals surface area contributed by atoms with Crippen molar-refractivity contribution in [3.63, 3.8) is 0 Å². The van der Waals surface area contributed by atoms with Crippen LogP contribution in [-0.4, -0.2) is 19.7 Å². The number of hydrogen-bond acceptors (Lipinski definition) is 5. The smallest absolute Gasteiger partial charge is 0.263 e. The van der Waals surface area contributed by atoms with Crippen molar-refractivity contribution in [2.45, 2.75) is 32.9 Å². The number of aromatic amines is 1. The molecule has 0 saturated heterocycles. The Morgan fingerprint density at radius 3 is 2.86 bits per heavy atom. The molecule has 3 rings (SSSR count). The van der Waals surface area contributed by atoms with Gasteiger partial charge in [0.1, 0.15) is 5.39 Å². The maximum absolute atomic E-state index is 12.2. The molecule has 0 spiro atoms. The summed E-state index contributed by atoms with van der Waals surface area (Å²) in [6.45, 7) is 6.68. The summed E-state index contributed by atoms with van der Waals surface area (Å²) in [6.07, 6.45) is 1.56. The average Bonchev–Trinajstić information content (AvgIpc) is 3.02. The minimum absolute atomic E-state index is 0.185. The van der Waals surface area contributed by atoms with Crippen molar-refractivity contribution in [1.82, 2.24) is 19.7 Å². The molecule has 116 valence electrons. The average molecular weight is 382 g/mol. The SMILES string of the molecule is CC(C)(C)n1ncc2c(=O)[nH]c(NCc3cc(Br)cs3)nc21. The lowest BCUT2D eigenvalue weighted by Gasteiger charge is -2.19. The minimum atomic E-state index is -0.238. The van der Waals surface area contributed by atoms with Crippen LogP contribution in [-0.2, 0) is 12.1 Å². The molecule has 0 aromatic carbocycles. The quantitative estimate of drug-likeness (QED) is 0.729. The topological polar surface area (TPSA) is 75.6 Å². The van der Waals surface area contributed by atoms with Gasteiger partial charge in [0.25, 0.3) is 5.56 Å². The first-order chi connectivity index (χ1) is 10.3. The number of anilines is 1. The van der Waals surface area contributed by atoms with Gasteiger partial charge in [-0.2, -0.15) is 10.1 Å². The highest BCUT2D eigenvalue weighted by Gasteiger charge is 2.19. The van der Waals surface area contributed by atoms with E-state index in [4.69, 9.17) is 0 Å². The summed E-state index contributed by atoms with van der Waals surface area (Å²) in [5.74, 6) is 0.452. The van der Waals surface area contributed by atoms with Gasteiger partial charge in [0.2, 0.25) is 5.95 Å². The summed E-state index contributed by atoms with van der Waals surface area (Å²) in [5, 5.41) is 9.97. The molecule has 0 aliphatic heterocycles. The van der Waals surface area contributed by atoms with Crippen LogP contribution in [0.5, 0.6) is 0 Å². The van der Waals surface area contributed by atoms with E-state index in [1.54, 1.807) is 22.2 Å². The van der Waals surface area contributed by atoms with Gasteiger partial charge in [0, 0.05) is 14.7 Å². The van der Waals surface area contributed by atoms with Crippen molar-refractivity contribution in [3.8, 4) is 0 Å². The number of H-pyrrole nitrogens is 1. The van der Waals surface area contributed by atoms with Crippen molar-refractivity contribution in [2.24, 2.45) is 0 Å². The number of hydrogen-bond donors (Lipinski definition) is 2. The molecule has 0 saturated carbocycles. The van der Waals surface area contributed by atoms with Crippen LogP contribution >= 0.6 is 27.3 Å². The van der Waals surface area contributed by atoms with Crippen molar-refractivity contribution in [1.29, 1.82) is 0 Å². The van der Waals surface area contributed by atoms with Gasteiger partial charge in [0.15, 0.2) is 5.65 Å². The van der Waals surface area contributed by atoms with Gasteiger partial charge < -0.3 is 5.32 Å². The number of nitrogens with one attached hydrogen (secondary N) is 2. The van der Waals surface area contributed by atoms with Crippen LogP contribution < -0.4 is 10.9 Å². The molecule has 3 heterocycles. The van der Waals surface area contributed by atoms with E-state index in [0.29, 0.717) is 23.5 Å². The molecule has 0 amide bonds. The number of halogens is 1. The van der Waals surface area contributed by atoms with Crippen molar-refractivity contribution in [3.05, 3.63) is 37.3 Å². The summed E-state index contributed by atoms with van der Waals surface area (Å²) in [7, 11) is 0. The van der Waals surface area contributed by atoms with Crippen LogP contribution in [0.2, 0.25) is 0 Å². The second-order valence-electron chi connectivity index (χ2n) is 5.96. The van der Waals surface area contributed by atoms with Crippen molar-refractivity contribution >= 4 is 44.2 Å². The lowest BCUT2D eigenvalue weighted by atomic mass is 10.1. The Bertz CT molecular complexity index is 873. The molecule has 0 atom stereocenters. The molecular formula is C14H16BrN5OS. The first-order valence-corrected chi connectivity index (χ1v) is 8.47. The third-order valence-corrected chi connectivity index (χ3v) is 4.82. The predicted molar refractivity (Wildman–Crippen MR) is 92.5 cm³/mol. The summed E-state index contributed by atoms with van der Waals surface area (Å²) in [4.78, 5) is 20.6. The third-order valence-electron chi connectivity index (χ3n) is 3.13. The Morgan fingerprint density at radius 1 is 1.45 bits per heavy atom. The lowest BCUT2D eigenvalue weighted by molar-refractivity contribution is 0.366. The van der Waals surface area contributed by atoms with Gasteiger partial charge in [-0.15, -0.1) is 11.3 Å². The molecule has 8 heteroatoms. The fourth-order valence-corrected chi connectivity index (χ4v) is 3.50. The highest BCUT2D eigenvalue weighted by atomic mass is 79.9. The Kier molecular flexibility index (Phi) is 3.82. The second kappa shape index (κ2) is 5.51. The molecule has 3 aromatic rings. The Morgan fingerprint density at radius 2 is 2.23 bits per heavy atom. The Hall–Kier alpha value is -1.67. The molecule has 0 bridgehead atoms. The van der Waals surface area contributed by atoms with E-state index in [1.165, 1.54) is 0 Å². The molecular weight excluding hydrogens is 366 g/mol. The maximum Gasteiger partial charge on any atom is 0.263 e. The number of fused-ring (bicyclic) bond motifs is 1. The summed E-state index contributed by atoms with van der Waals surface area (Å²) in [6, 6.07) is 2.04. The number of rotatable bonds is 3. The van der Waals surface area contributed by atoms with E-state index in [2.05, 4.69) is 36.3 Å². The summed E-state index contributed by atoms with van der Waals surface area (Å²) < 4.78 is 2.82. The molecule has 3 aromatic heterocycles. The van der Waals surface area contributed by atoms with Crippen LogP contribution in [0.4, 0.5) is 5.95 Å². The lowest BCUT2D eigenvalue weighted by Crippen LogP contribution is -2.24. The summed E-state index contributed by atoms with van der Waals surface area (Å²) >= 11 is 5.07. The van der Waals surface area contributed by atoms with Gasteiger partial charge in [0.05, 0.1) is 18.3 Å². The highest BCUT2D eigenvalue weighted by molar-refractivity contribution is 9.10. The molecule has 0 aliphatic rings. The van der Waals surface area contributed by atoms with Crippen LogP contribution in [0.15, 0.2) is 26.9 Å². The Balaban J connectivity index is 1.95. The molecule has 22 heavy (non-hydrogen) atoms. The molecule has 0 radical (unpaired) electrons. The molecule has 0 aliphatic carbocycles. The Labute approximate surface area is 139 Å². The van der Waals surface area contributed by atoms with E-state index in [1.807, 2.05) is 32.2 Å². The van der Waals surface area contributed by atoms with Crippen molar-refractivity contribution < 1.29 is 0 Å². The van der Waals surface area contributed by atoms with E-state index in [-0.39, 0.29) is 11.1 Å². The van der Waals surface area contributed by atoms with Gasteiger partial charge in [-0.05, 0) is 42.8 Å². The van der Waals surface area contributed by atoms with E-state index >= 15 is 0 Å². The largest absolute Gasteiger partial charge is 0.351 e. The van der Waals surface area contributed by atoms with Crippen molar-refractivity contribution in [2.75, 3.05) is 5.32 Å². The monoisotopic (exact) mass is 381 g/mol. The number of thiophene rings is 1. The van der Waals surface area contributed by atoms with Gasteiger partial charge in [-0.25, -0.2) is 4.68 Å². The molecule has 2 N–H and O–H groups in total. The van der Waals surface area contributed by atoms with Crippen LogP contribution in [0.3, 0.4) is 0 Å². The van der Waals surface area contributed by atoms with E-state index < -0.39 is 0 Å². The fraction of sp³-hybridized carbons (Fsp3) is 0.357. The molecule has 6 nitrogen and oxygen atoms in total. The standard InChI is InChI=1S/C14H16BrN5OS/c1-14(2,3)20-11-10(6-17-20)12(21)19-13(18-11)16-5-9-4-8(15)7-22-9/h4,6-7H,5H2,1-3H3,(H2,16,18,19,21). The zero-order chi connectivity index (χ0) is 15.9. The van der Waals surface area contributed by atoms with Gasteiger partial charge in [-0.1, -0.05) is 0 Å². The minimum Gasteiger partial charge on any atom is -0.351 e. The van der Waals surface area contributed by atoms with Crippen LogP contribution in [0.1, 0.15) is 25.6 Å². The maximum atomic E-state index is 12.2. The third kappa shape index (κ3) is 2.93. The fourth-order valence-electron chi connectivity index (χ4n) is 2.11.